The van der Waals surface area contributed by atoms with Crippen molar-refractivity contribution < 1.29 is 4.79 Å². The summed E-state index contributed by atoms with van der Waals surface area (Å²) < 4.78 is -0.190. The molecule has 0 aliphatic carbocycles. The predicted molar refractivity (Wildman–Crippen MR) is 87.5 cm³/mol. The Morgan fingerprint density at radius 1 is 1.33 bits per heavy atom. The van der Waals surface area contributed by atoms with Gasteiger partial charge in [0.2, 0.25) is 5.91 Å². The van der Waals surface area contributed by atoms with Crippen molar-refractivity contribution in [2.24, 2.45) is 0 Å². The molecule has 2 saturated heterocycles. The molecule has 1 amide bonds. The Morgan fingerprint density at radius 3 is 2.67 bits per heavy atom. The van der Waals surface area contributed by atoms with E-state index in [4.69, 9.17) is 5.73 Å². The van der Waals surface area contributed by atoms with Gasteiger partial charge in [-0.15, -0.1) is 11.8 Å². The minimum Gasteiger partial charge on any atom is -0.384 e. The van der Waals surface area contributed by atoms with Gasteiger partial charge in [-0.3, -0.25) is 4.79 Å². The van der Waals surface area contributed by atoms with Crippen molar-refractivity contribution in [1.82, 2.24) is 9.88 Å². The summed E-state index contributed by atoms with van der Waals surface area (Å²) in [6.07, 6.45) is 3.98. The highest BCUT2D eigenvalue weighted by Crippen LogP contribution is 2.39. The van der Waals surface area contributed by atoms with Gasteiger partial charge in [-0.05, 0) is 37.7 Å². The summed E-state index contributed by atoms with van der Waals surface area (Å²) in [5, 5.41) is 0. The van der Waals surface area contributed by atoms with Gasteiger partial charge in [0.15, 0.2) is 0 Å². The molecule has 2 N–H and O–H groups in total. The molecule has 0 spiro atoms. The largest absolute Gasteiger partial charge is 0.384 e. The summed E-state index contributed by atoms with van der Waals surface area (Å²) in [7, 11) is 0. The summed E-state index contributed by atoms with van der Waals surface area (Å²) in [5.41, 5.74) is 6.70. The van der Waals surface area contributed by atoms with Crippen LogP contribution in [0, 0.1) is 0 Å². The summed E-state index contributed by atoms with van der Waals surface area (Å²) in [6.45, 7) is 5.40. The Labute approximate surface area is 129 Å². The van der Waals surface area contributed by atoms with Crippen LogP contribution in [0.15, 0.2) is 18.3 Å². The molecule has 2 aliphatic heterocycles. The van der Waals surface area contributed by atoms with Gasteiger partial charge in [-0.2, -0.15) is 0 Å². The van der Waals surface area contributed by atoms with Gasteiger partial charge in [0.25, 0.3) is 0 Å². The maximum atomic E-state index is 12.7. The number of hydrogen-bond acceptors (Lipinski definition) is 5. The van der Waals surface area contributed by atoms with Gasteiger partial charge in [0.1, 0.15) is 5.82 Å². The lowest BCUT2D eigenvalue weighted by atomic mass is 10.0. The van der Waals surface area contributed by atoms with E-state index in [1.54, 1.807) is 6.20 Å². The number of aromatic nitrogens is 1. The van der Waals surface area contributed by atoms with Gasteiger partial charge in [0, 0.05) is 26.2 Å². The average molecular weight is 306 g/mol. The third kappa shape index (κ3) is 2.95. The minimum absolute atomic E-state index is 0.190. The summed E-state index contributed by atoms with van der Waals surface area (Å²) in [5.74, 6) is 1.97. The molecule has 0 saturated carbocycles. The molecule has 3 heterocycles. The monoisotopic (exact) mass is 306 g/mol. The molecule has 0 radical (unpaired) electrons. The number of carbonyl (C=O) groups is 1. The van der Waals surface area contributed by atoms with E-state index < -0.39 is 0 Å². The predicted octanol–water partition coefficient (Wildman–Crippen LogP) is 1.60. The number of pyridine rings is 1. The highest BCUT2D eigenvalue weighted by atomic mass is 32.2. The van der Waals surface area contributed by atoms with Crippen LogP contribution in [-0.4, -0.2) is 52.5 Å². The van der Waals surface area contributed by atoms with Crippen LogP contribution in [0.2, 0.25) is 0 Å². The zero-order valence-corrected chi connectivity index (χ0v) is 13.2. The standard InChI is InChI=1S/C15H22N4OS/c1-15(5-2-10-21-15)14(20)19-8-6-18(7-9-19)12-3-4-13(16)17-11-12/h3-4,11H,2,5-10H2,1H3,(H2,16,17). The molecule has 2 aliphatic rings. The fourth-order valence-electron chi connectivity index (χ4n) is 3.03. The van der Waals surface area contributed by atoms with Gasteiger partial charge in [0.05, 0.1) is 16.6 Å². The van der Waals surface area contributed by atoms with E-state index in [0.29, 0.717) is 11.7 Å². The molecule has 1 unspecified atom stereocenters. The van der Waals surface area contributed by atoms with Crippen LogP contribution in [0.25, 0.3) is 0 Å². The highest BCUT2D eigenvalue weighted by molar-refractivity contribution is 8.01. The number of rotatable bonds is 2. The number of nitrogens with two attached hydrogens (primary N) is 1. The van der Waals surface area contributed by atoms with E-state index in [9.17, 15) is 4.79 Å². The Kier molecular flexibility index (Phi) is 3.97. The number of nitrogens with zero attached hydrogens (tertiary/aromatic N) is 3. The first-order valence-electron chi connectivity index (χ1n) is 7.48. The van der Waals surface area contributed by atoms with Crippen molar-refractivity contribution in [3.8, 4) is 0 Å². The van der Waals surface area contributed by atoms with Gasteiger partial charge >= 0.3 is 0 Å². The number of nitrogen functional groups attached to an aromatic ring is 1. The van der Waals surface area contributed by atoms with Crippen molar-refractivity contribution in [2.75, 3.05) is 42.6 Å². The molecule has 3 rings (SSSR count). The summed E-state index contributed by atoms with van der Waals surface area (Å²) in [6, 6.07) is 3.82. The quantitative estimate of drug-likeness (QED) is 0.899. The lowest BCUT2D eigenvalue weighted by Gasteiger charge is -2.39. The van der Waals surface area contributed by atoms with Crippen LogP contribution in [0.1, 0.15) is 19.8 Å². The molecular weight excluding hydrogens is 284 g/mol. The second-order valence-corrected chi connectivity index (χ2v) is 7.50. The molecule has 0 bridgehead atoms. The van der Waals surface area contributed by atoms with Crippen LogP contribution >= 0.6 is 11.8 Å². The molecule has 0 aromatic carbocycles. The van der Waals surface area contributed by atoms with Crippen LogP contribution in [0.5, 0.6) is 0 Å². The Bertz CT molecular complexity index is 505. The Morgan fingerprint density at radius 2 is 2.10 bits per heavy atom. The van der Waals surface area contributed by atoms with Crippen molar-refractivity contribution in [1.29, 1.82) is 0 Å². The molecule has 6 heteroatoms. The smallest absolute Gasteiger partial charge is 0.238 e. The Balaban J connectivity index is 1.60. The SMILES string of the molecule is CC1(C(=O)N2CCN(c3ccc(N)nc3)CC2)CCCS1. The molecule has 2 fully saturated rings. The van der Waals surface area contributed by atoms with Crippen LogP contribution in [-0.2, 0) is 4.79 Å². The van der Waals surface area contributed by atoms with E-state index in [0.717, 1.165) is 50.5 Å². The number of anilines is 2. The fraction of sp³-hybridized carbons (Fsp3) is 0.600. The molecule has 5 nitrogen and oxygen atoms in total. The van der Waals surface area contributed by atoms with Gasteiger partial charge in [-0.25, -0.2) is 4.98 Å². The van der Waals surface area contributed by atoms with Crippen LogP contribution in [0.4, 0.5) is 11.5 Å². The number of amides is 1. The van der Waals surface area contributed by atoms with E-state index in [2.05, 4.69) is 16.8 Å². The Hall–Kier alpha value is -1.43. The molecule has 114 valence electrons. The normalized spacial score (nSPS) is 26.1. The van der Waals surface area contributed by atoms with E-state index >= 15 is 0 Å². The summed E-state index contributed by atoms with van der Waals surface area (Å²) >= 11 is 1.82. The molecule has 21 heavy (non-hydrogen) atoms. The molecule has 1 aromatic rings. The summed E-state index contributed by atoms with van der Waals surface area (Å²) in [4.78, 5) is 21.1. The van der Waals surface area contributed by atoms with Crippen molar-refractivity contribution in [3.05, 3.63) is 18.3 Å². The minimum atomic E-state index is -0.190. The maximum absolute atomic E-state index is 12.7. The average Bonchev–Trinajstić information content (AvgIpc) is 2.96. The second-order valence-electron chi connectivity index (χ2n) is 5.90. The zero-order chi connectivity index (χ0) is 14.9. The van der Waals surface area contributed by atoms with E-state index in [-0.39, 0.29) is 4.75 Å². The van der Waals surface area contributed by atoms with Crippen LogP contribution < -0.4 is 10.6 Å². The molecule has 1 atom stereocenters. The molecule has 1 aromatic heterocycles. The van der Waals surface area contributed by atoms with Crippen molar-refractivity contribution >= 4 is 29.2 Å². The van der Waals surface area contributed by atoms with Gasteiger partial charge in [-0.1, -0.05) is 0 Å². The zero-order valence-electron chi connectivity index (χ0n) is 12.4. The van der Waals surface area contributed by atoms with Crippen LogP contribution in [0.3, 0.4) is 0 Å². The van der Waals surface area contributed by atoms with Crippen molar-refractivity contribution in [2.45, 2.75) is 24.5 Å². The van der Waals surface area contributed by atoms with E-state index in [1.807, 2.05) is 28.8 Å². The number of hydrogen-bond donors (Lipinski definition) is 1. The first-order chi connectivity index (χ1) is 10.1. The number of carbonyl (C=O) groups excluding carboxylic acids is 1. The fourth-order valence-corrected chi connectivity index (χ4v) is 4.31. The van der Waals surface area contributed by atoms with E-state index in [1.165, 1.54) is 0 Å². The lowest BCUT2D eigenvalue weighted by molar-refractivity contribution is -0.133. The number of piperazine rings is 1. The lowest BCUT2D eigenvalue weighted by Crippen LogP contribution is -2.53. The second kappa shape index (κ2) is 5.75. The maximum Gasteiger partial charge on any atom is 0.238 e. The third-order valence-corrected chi connectivity index (χ3v) is 5.88. The highest BCUT2D eigenvalue weighted by Gasteiger charge is 2.40. The topological polar surface area (TPSA) is 62.5 Å². The first kappa shape index (κ1) is 14.5. The molecular formula is C15H22N4OS. The number of thioether (sulfide) groups is 1. The third-order valence-electron chi connectivity index (χ3n) is 4.37. The van der Waals surface area contributed by atoms with Crippen molar-refractivity contribution in [3.63, 3.8) is 0 Å². The van der Waals surface area contributed by atoms with Gasteiger partial charge < -0.3 is 15.5 Å². The first-order valence-corrected chi connectivity index (χ1v) is 8.47.